The fourth-order valence-corrected chi connectivity index (χ4v) is 3.78. The number of carbonyl (C=O) groups excluding carboxylic acids is 1. The number of aryl methyl sites for hydroxylation is 1. The van der Waals surface area contributed by atoms with E-state index in [0.29, 0.717) is 18.5 Å². The van der Waals surface area contributed by atoms with Crippen molar-refractivity contribution in [2.24, 2.45) is 5.73 Å². The predicted molar refractivity (Wildman–Crippen MR) is 103 cm³/mol. The fourth-order valence-electron chi connectivity index (χ4n) is 3.78. The SMILES string of the molecule is COC(=O)[C@@H](N)CCN(CCCC[C@@H]1CCc2cccnc2N1)C1CC1. The highest BCUT2D eigenvalue weighted by Crippen LogP contribution is 2.28. The number of rotatable bonds is 10. The second-order valence-electron chi connectivity index (χ2n) is 7.57. The first-order chi connectivity index (χ1) is 12.7. The second kappa shape index (κ2) is 9.33. The molecule has 1 aliphatic heterocycles. The van der Waals surface area contributed by atoms with E-state index in [1.165, 1.54) is 51.2 Å². The Labute approximate surface area is 156 Å². The van der Waals surface area contributed by atoms with Gasteiger partial charge in [-0.15, -0.1) is 0 Å². The predicted octanol–water partition coefficient (Wildman–Crippen LogP) is 2.33. The summed E-state index contributed by atoms with van der Waals surface area (Å²) in [6.45, 7) is 1.99. The molecule has 3 rings (SSSR count). The van der Waals surface area contributed by atoms with Gasteiger partial charge in [-0.25, -0.2) is 4.98 Å². The Morgan fingerprint density at radius 2 is 2.23 bits per heavy atom. The molecule has 2 aliphatic rings. The number of nitrogens with two attached hydrogens (primary N) is 1. The van der Waals surface area contributed by atoms with Gasteiger partial charge in [-0.1, -0.05) is 12.5 Å². The third-order valence-corrected chi connectivity index (χ3v) is 5.54. The first-order valence-corrected chi connectivity index (χ1v) is 9.95. The lowest BCUT2D eigenvalue weighted by Crippen LogP contribution is -2.37. The minimum atomic E-state index is -0.500. The number of esters is 1. The molecule has 0 amide bonds. The van der Waals surface area contributed by atoms with E-state index in [0.717, 1.165) is 25.3 Å². The molecule has 0 spiro atoms. The van der Waals surface area contributed by atoms with Crippen molar-refractivity contribution in [2.75, 3.05) is 25.5 Å². The number of nitrogens with one attached hydrogen (secondary N) is 1. The van der Waals surface area contributed by atoms with Gasteiger partial charge in [0, 0.05) is 24.8 Å². The molecule has 6 heteroatoms. The molecule has 6 nitrogen and oxygen atoms in total. The van der Waals surface area contributed by atoms with Crippen LogP contribution in [0.1, 0.15) is 50.5 Å². The first-order valence-electron chi connectivity index (χ1n) is 9.95. The first kappa shape index (κ1) is 19.1. The maximum Gasteiger partial charge on any atom is 0.322 e. The van der Waals surface area contributed by atoms with Crippen molar-refractivity contribution in [3.63, 3.8) is 0 Å². The zero-order chi connectivity index (χ0) is 18.4. The summed E-state index contributed by atoms with van der Waals surface area (Å²) in [5.41, 5.74) is 7.21. The van der Waals surface area contributed by atoms with Crippen LogP contribution in [0.25, 0.3) is 0 Å². The van der Waals surface area contributed by atoms with Crippen LogP contribution >= 0.6 is 0 Å². The molecule has 144 valence electrons. The Hall–Kier alpha value is -1.66. The highest BCUT2D eigenvalue weighted by molar-refractivity contribution is 5.75. The average Bonchev–Trinajstić information content (AvgIpc) is 3.51. The van der Waals surface area contributed by atoms with Gasteiger partial charge in [0.05, 0.1) is 7.11 Å². The zero-order valence-corrected chi connectivity index (χ0v) is 15.8. The molecule has 1 fully saturated rings. The Balaban J connectivity index is 1.35. The second-order valence-corrected chi connectivity index (χ2v) is 7.57. The van der Waals surface area contributed by atoms with Crippen LogP contribution < -0.4 is 11.1 Å². The van der Waals surface area contributed by atoms with Crippen LogP contribution in [0, 0.1) is 0 Å². The summed E-state index contributed by atoms with van der Waals surface area (Å²) < 4.78 is 4.72. The maximum absolute atomic E-state index is 11.5. The molecule has 1 saturated carbocycles. The van der Waals surface area contributed by atoms with Crippen molar-refractivity contribution in [2.45, 2.75) is 69.5 Å². The number of aromatic nitrogens is 1. The summed E-state index contributed by atoms with van der Waals surface area (Å²) in [5.74, 6) is 0.762. The summed E-state index contributed by atoms with van der Waals surface area (Å²) in [6, 6.07) is 4.92. The van der Waals surface area contributed by atoms with Gasteiger partial charge in [0.1, 0.15) is 11.9 Å². The molecule has 2 heterocycles. The van der Waals surface area contributed by atoms with E-state index in [9.17, 15) is 4.79 Å². The highest BCUT2D eigenvalue weighted by atomic mass is 16.5. The van der Waals surface area contributed by atoms with Crippen molar-refractivity contribution < 1.29 is 9.53 Å². The Kier molecular flexibility index (Phi) is 6.86. The maximum atomic E-state index is 11.5. The molecule has 0 aromatic carbocycles. The number of hydrogen-bond donors (Lipinski definition) is 2. The number of ether oxygens (including phenoxy) is 1. The van der Waals surface area contributed by atoms with E-state index in [1.54, 1.807) is 0 Å². The molecule has 1 aromatic rings. The molecule has 0 bridgehead atoms. The van der Waals surface area contributed by atoms with Crippen molar-refractivity contribution in [1.82, 2.24) is 9.88 Å². The smallest absolute Gasteiger partial charge is 0.322 e. The van der Waals surface area contributed by atoms with Crippen LogP contribution in [0.2, 0.25) is 0 Å². The van der Waals surface area contributed by atoms with Crippen LogP contribution in [0.15, 0.2) is 18.3 Å². The van der Waals surface area contributed by atoms with Gasteiger partial charge in [-0.3, -0.25) is 4.79 Å². The number of pyridine rings is 1. The van der Waals surface area contributed by atoms with E-state index in [2.05, 4.69) is 21.3 Å². The van der Waals surface area contributed by atoms with Crippen LogP contribution in [-0.2, 0) is 16.0 Å². The molecular weight excluding hydrogens is 328 g/mol. The third kappa shape index (κ3) is 5.42. The number of methoxy groups -OCH3 is 1. The Morgan fingerprint density at radius 1 is 1.38 bits per heavy atom. The van der Waals surface area contributed by atoms with Crippen molar-refractivity contribution >= 4 is 11.8 Å². The van der Waals surface area contributed by atoms with E-state index >= 15 is 0 Å². The Morgan fingerprint density at radius 3 is 3.00 bits per heavy atom. The molecule has 0 radical (unpaired) electrons. The number of carbonyl (C=O) groups is 1. The summed E-state index contributed by atoms with van der Waals surface area (Å²) in [6.07, 6.45) is 11.0. The van der Waals surface area contributed by atoms with Crippen LogP contribution in [0.3, 0.4) is 0 Å². The number of fused-ring (bicyclic) bond motifs is 1. The van der Waals surface area contributed by atoms with Gasteiger partial charge in [0.2, 0.25) is 0 Å². The fraction of sp³-hybridized carbons (Fsp3) is 0.700. The molecule has 2 atom stereocenters. The number of anilines is 1. The lowest BCUT2D eigenvalue weighted by molar-refractivity contribution is -0.142. The lowest BCUT2D eigenvalue weighted by atomic mass is 9.97. The van der Waals surface area contributed by atoms with E-state index in [4.69, 9.17) is 10.5 Å². The van der Waals surface area contributed by atoms with E-state index in [-0.39, 0.29) is 5.97 Å². The quantitative estimate of drug-likeness (QED) is 0.492. The molecule has 0 saturated heterocycles. The zero-order valence-electron chi connectivity index (χ0n) is 15.8. The summed E-state index contributed by atoms with van der Waals surface area (Å²) in [7, 11) is 1.40. The lowest BCUT2D eigenvalue weighted by Gasteiger charge is -2.27. The number of nitrogens with zero attached hydrogens (tertiary/aromatic N) is 2. The van der Waals surface area contributed by atoms with Crippen molar-refractivity contribution in [3.8, 4) is 0 Å². The van der Waals surface area contributed by atoms with Gasteiger partial charge in [-0.2, -0.15) is 0 Å². The van der Waals surface area contributed by atoms with E-state index < -0.39 is 6.04 Å². The van der Waals surface area contributed by atoms with Crippen molar-refractivity contribution in [3.05, 3.63) is 23.9 Å². The molecule has 1 aliphatic carbocycles. The van der Waals surface area contributed by atoms with Crippen LogP contribution in [0.5, 0.6) is 0 Å². The average molecular weight is 361 g/mol. The Bertz CT molecular complexity index is 591. The van der Waals surface area contributed by atoms with Gasteiger partial charge in [-0.05, 0) is 63.1 Å². The summed E-state index contributed by atoms with van der Waals surface area (Å²) >= 11 is 0. The van der Waals surface area contributed by atoms with Crippen LogP contribution in [0.4, 0.5) is 5.82 Å². The van der Waals surface area contributed by atoms with E-state index in [1.807, 2.05) is 12.3 Å². The number of hydrogen-bond acceptors (Lipinski definition) is 6. The molecule has 3 N–H and O–H groups in total. The van der Waals surface area contributed by atoms with Crippen molar-refractivity contribution in [1.29, 1.82) is 0 Å². The summed E-state index contributed by atoms with van der Waals surface area (Å²) in [4.78, 5) is 18.4. The topological polar surface area (TPSA) is 80.5 Å². The summed E-state index contributed by atoms with van der Waals surface area (Å²) in [5, 5.41) is 3.59. The molecular formula is C20H32N4O2. The van der Waals surface area contributed by atoms with Gasteiger partial charge >= 0.3 is 5.97 Å². The third-order valence-electron chi connectivity index (χ3n) is 5.54. The van der Waals surface area contributed by atoms with Crippen LogP contribution in [-0.4, -0.2) is 54.2 Å². The minimum absolute atomic E-state index is 0.307. The molecule has 1 aromatic heterocycles. The number of unbranched alkanes of at least 4 members (excludes halogenated alkanes) is 1. The highest BCUT2D eigenvalue weighted by Gasteiger charge is 2.29. The normalized spacial score (nSPS) is 20.3. The molecule has 0 unspecified atom stereocenters. The van der Waals surface area contributed by atoms with Gasteiger partial charge < -0.3 is 20.7 Å². The standard InChI is InChI=1S/C20H32N4O2/c1-26-20(25)18(21)11-14-24(17-9-10-17)13-3-2-6-16-8-7-15-5-4-12-22-19(15)23-16/h4-5,12,16-18H,2-3,6-11,13-14,21H2,1H3,(H,22,23)/t16-,18+/m1/s1. The van der Waals surface area contributed by atoms with Gasteiger partial charge in [0.25, 0.3) is 0 Å². The molecule has 26 heavy (non-hydrogen) atoms. The monoisotopic (exact) mass is 360 g/mol. The largest absolute Gasteiger partial charge is 0.468 e. The van der Waals surface area contributed by atoms with Gasteiger partial charge in [0.15, 0.2) is 0 Å². The minimum Gasteiger partial charge on any atom is -0.468 e.